The number of allylic oxidation sites excluding steroid dienone is 3. The van der Waals surface area contributed by atoms with Crippen molar-refractivity contribution in [2.75, 3.05) is 28.4 Å². The molecule has 0 radical (unpaired) electrons. The third kappa shape index (κ3) is 5.28. The van der Waals surface area contributed by atoms with E-state index in [0.717, 1.165) is 21.7 Å². The van der Waals surface area contributed by atoms with Crippen LogP contribution >= 0.6 is 7.92 Å². The molecule has 7 nitrogen and oxygen atoms in total. The Kier molecular flexibility index (Phi) is 9.16. The first-order valence-electron chi connectivity index (χ1n) is 14.0. The SMILES string of the molecule is COc1cccc(OC)c1-c1ccccc1P(c1ccccc1-c1c(OC)cccc1OC)C1(S(=O)(=O)O)C=CC=CC1C. The maximum absolute atomic E-state index is 13.9. The lowest BCUT2D eigenvalue weighted by Crippen LogP contribution is -2.46. The zero-order chi connectivity index (χ0) is 31.5. The van der Waals surface area contributed by atoms with Gasteiger partial charge in [0.05, 0.1) is 39.6 Å². The van der Waals surface area contributed by atoms with E-state index in [9.17, 15) is 13.0 Å². The van der Waals surface area contributed by atoms with Crippen molar-refractivity contribution in [2.24, 2.45) is 5.92 Å². The maximum atomic E-state index is 13.9. The van der Waals surface area contributed by atoms with Gasteiger partial charge in [-0.15, -0.1) is 0 Å². The number of ether oxygens (including phenoxy) is 4. The van der Waals surface area contributed by atoms with Crippen LogP contribution in [0.5, 0.6) is 23.0 Å². The number of rotatable bonds is 10. The van der Waals surface area contributed by atoms with Crippen molar-refractivity contribution in [3.8, 4) is 45.3 Å². The summed E-state index contributed by atoms with van der Waals surface area (Å²) in [5, 5.41) is 1.44. The third-order valence-electron chi connectivity index (χ3n) is 7.95. The molecule has 0 heterocycles. The molecule has 0 spiro atoms. The van der Waals surface area contributed by atoms with Crippen molar-refractivity contribution in [2.45, 2.75) is 11.4 Å². The highest BCUT2D eigenvalue weighted by molar-refractivity contribution is 7.99. The molecule has 4 aromatic carbocycles. The molecule has 9 heteroatoms. The van der Waals surface area contributed by atoms with Gasteiger partial charge >= 0.3 is 0 Å². The van der Waals surface area contributed by atoms with Crippen LogP contribution in [0.15, 0.2) is 109 Å². The summed E-state index contributed by atoms with van der Waals surface area (Å²) in [5.41, 5.74) is 2.82. The minimum absolute atomic E-state index is 0.569. The van der Waals surface area contributed by atoms with Crippen molar-refractivity contribution >= 4 is 28.6 Å². The number of benzene rings is 4. The molecule has 0 aromatic heterocycles. The molecule has 2 unspecified atom stereocenters. The Hall–Kier alpha value is -4.10. The first kappa shape index (κ1) is 31.3. The monoisotopic (exact) mass is 630 g/mol. The van der Waals surface area contributed by atoms with Gasteiger partial charge in [0.25, 0.3) is 10.1 Å². The second kappa shape index (κ2) is 12.9. The van der Waals surface area contributed by atoms with Gasteiger partial charge in [0, 0.05) is 5.92 Å². The molecular weight excluding hydrogens is 595 g/mol. The molecule has 44 heavy (non-hydrogen) atoms. The molecule has 1 N–H and O–H groups in total. The van der Waals surface area contributed by atoms with E-state index in [1.807, 2.05) is 104 Å². The van der Waals surface area contributed by atoms with Crippen LogP contribution in [-0.2, 0) is 10.1 Å². The van der Waals surface area contributed by atoms with Crippen LogP contribution in [-0.4, -0.2) is 45.9 Å². The molecule has 0 bridgehead atoms. The van der Waals surface area contributed by atoms with Gasteiger partial charge in [-0.25, -0.2) is 0 Å². The largest absolute Gasteiger partial charge is 0.496 e. The summed E-state index contributed by atoms with van der Waals surface area (Å²) in [6, 6.07) is 26.3. The minimum atomic E-state index is -4.73. The van der Waals surface area contributed by atoms with Crippen LogP contribution in [0.2, 0.25) is 0 Å². The molecule has 0 amide bonds. The molecule has 1 aliphatic rings. The number of hydrogen-bond donors (Lipinski definition) is 1. The van der Waals surface area contributed by atoms with E-state index in [4.69, 9.17) is 18.9 Å². The summed E-state index contributed by atoms with van der Waals surface area (Å²) in [4.78, 5) is 0. The molecule has 1 aliphatic carbocycles. The molecular formula is C35H35O7PS. The lowest BCUT2D eigenvalue weighted by molar-refractivity contribution is 0.397. The topological polar surface area (TPSA) is 91.3 Å². The Balaban J connectivity index is 1.97. The highest BCUT2D eigenvalue weighted by Gasteiger charge is 2.54. The highest BCUT2D eigenvalue weighted by atomic mass is 32.2. The third-order valence-corrected chi connectivity index (χ3v) is 13.5. The Morgan fingerprint density at radius 1 is 0.636 bits per heavy atom. The summed E-state index contributed by atoms with van der Waals surface area (Å²) < 4.78 is 60.5. The van der Waals surface area contributed by atoms with Gasteiger partial charge in [-0.1, -0.05) is 91.9 Å². The Bertz CT molecular complexity index is 1690. The predicted molar refractivity (Wildman–Crippen MR) is 178 cm³/mol. The fraction of sp³-hybridized carbons (Fsp3) is 0.200. The lowest BCUT2D eigenvalue weighted by atomic mass is 10.0. The second-order valence-corrected chi connectivity index (χ2v) is 14.5. The molecule has 0 fully saturated rings. The van der Waals surface area contributed by atoms with Crippen molar-refractivity contribution in [3.05, 3.63) is 109 Å². The van der Waals surface area contributed by atoms with Gasteiger partial charge in [0.2, 0.25) is 0 Å². The van der Waals surface area contributed by atoms with E-state index in [2.05, 4.69) is 0 Å². The van der Waals surface area contributed by atoms with Crippen LogP contribution in [0.25, 0.3) is 22.3 Å². The summed E-state index contributed by atoms with van der Waals surface area (Å²) in [7, 11) is -0.318. The summed E-state index contributed by atoms with van der Waals surface area (Å²) in [6.07, 6.45) is 6.96. The highest BCUT2D eigenvalue weighted by Crippen LogP contribution is 2.60. The van der Waals surface area contributed by atoms with Crippen LogP contribution in [0, 0.1) is 5.92 Å². The standard InChI is InChI=1S/C35H35O7PS/c1-24-14-10-11-23-35(24,44(36,37)38)43(31-21-8-6-15-25(31)33-27(39-2)17-12-18-28(33)40-3)32-22-9-7-16-26(32)34-29(41-4)19-13-20-30(34)42-5/h6-24H,1-5H3,(H,36,37,38). The number of methoxy groups -OCH3 is 4. The second-order valence-electron chi connectivity index (χ2n) is 10.2. The van der Waals surface area contributed by atoms with Crippen LogP contribution in [0.1, 0.15) is 6.92 Å². The van der Waals surface area contributed by atoms with Gasteiger partial charge in [-0.05, 0) is 53.9 Å². The van der Waals surface area contributed by atoms with Crippen molar-refractivity contribution in [3.63, 3.8) is 0 Å². The molecule has 228 valence electrons. The summed E-state index contributed by atoms with van der Waals surface area (Å²) in [5.74, 6) is 1.69. The van der Waals surface area contributed by atoms with Gasteiger partial charge in [-0.3, -0.25) is 4.55 Å². The average Bonchev–Trinajstić information content (AvgIpc) is 3.04. The zero-order valence-electron chi connectivity index (χ0n) is 25.2. The molecule has 0 saturated heterocycles. The number of hydrogen-bond acceptors (Lipinski definition) is 6. The van der Waals surface area contributed by atoms with E-state index in [1.54, 1.807) is 40.6 Å². The van der Waals surface area contributed by atoms with Crippen molar-refractivity contribution < 1.29 is 31.9 Å². The van der Waals surface area contributed by atoms with Crippen LogP contribution in [0.3, 0.4) is 0 Å². The Labute approximate surface area is 260 Å². The fourth-order valence-corrected chi connectivity index (χ4v) is 11.3. The predicted octanol–water partition coefficient (Wildman–Crippen LogP) is 6.83. The zero-order valence-corrected chi connectivity index (χ0v) is 26.9. The van der Waals surface area contributed by atoms with E-state index in [-0.39, 0.29) is 0 Å². The summed E-state index contributed by atoms with van der Waals surface area (Å²) in [6.45, 7) is 1.82. The Morgan fingerprint density at radius 3 is 1.41 bits per heavy atom. The smallest absolute Gasteiger partial charge is 0.279 e. The molecule has 5 rings (SSSR count). The van der Waals surface area contributed by atoms with E-state index in [0.29, 0.717) is 34.1 Å². The molecule has 0 saturated carbocycles. The van der Waals surface area contributed by atoms with Gasteiger partial charge in [-0.2, -0.15) is 8.42 Å². The van der Waals surface area contributed by atoms with Crippen molar-refractivity contribution in [1.82, 2.24) is 0 Å². The summed E-state index contributed by atoms with van der Waals surface area (Å²) >= 11 is 0. The van der Waals surface area contributed by atoms with E-state index in [1.165, 1.54) is 0 Å². The van der Waals surface area contributed by atoms with Crippen LogP contribution < -0.4 is 29.6 Å². The maximum Gasteiger partial charge on any atom is 0.279 e. The average molecular weight is 631 g/mol. The normalized spacial score (nSPS) is 17.8. The molecule has 2 atom stereocenters. The van der Waals surface area contributed by atoms with Gasteiger partial charge < -0.3 is 18.9 Å². The van der Waals surface area contributed by atoms with E-state index < -0.39 is 28.4 Å². The van der Waals surface area contributed by atoms with Gasteiger partial charge in [0.1, 0.15) is 27.5 Å². The first-order chi connectivity index (χ1) is 21.2. The molecule has 0 aliphatic heterocycles. The van der Waals surface area contributed by atoms with Crippen LogP contribution in [0.4, 0.5) is 0 Å². The fourth-order valence-electron chi connectivity index (χ4n) is 5.93. The Morgan fingerprint density at radius 2 is 1.05 bits per heavy atom. The van der Waals surface area contributed by atoms with Crippen molar-refractivity contribution in [1.29, 1.82) is 0 Å². The first-order valence-corrected chi connectivity index (χ1v) is 16.8. The van der Waals surface area contributed by atoms with E-state index >= 15 is 0 Å². The lowest BCUT2D eigenvalue weighted by Gasteiger charge is -2.42. The van der Waals surface area contributed by atoms with Gasteiger partial charge in [0.15, 0.2) is 0 Å². The molecule has 4 aromatic rings. The quantitative estimate of drug-likeness (QED) is 0.152. The minimum Gasteiger partial charge on any atom is -0.496 e.